The molecular weight excluding hydrogens is 232 g/mol. The molecule has 96 valence electrons. The third-order valence-corrected chi connectivity index (χ3v) is 2.74. The average molecular weight is 252 g/mol. The summed E-state index contributed by atoms with van der Waals surface area (Å²) in [6.45, 7) is 2.67. The van der Waals surface area contributed by atoms with E-state index >= 15 is 0 Å². The number of ether oxygens (including phenoxy) is 1. The Morgan fingerprint density at radius 2 is 2.19 bits per heavy atom. The number of hydrogen-bond acceptors (Lipinski definition) is 5. The minimum Gasteiger partial charge on any atom is -0.383 e. The van der Waals surface area contributed by atoms with Crippen LogP contribution in [0.2, 0.25) is 0 Å². The second-order valence-corrected chi connectivity index (χ2v) is 5.69. The zero-order valence-corrected chi connectivity index (χ0v) is 10.7. The highest BCUT2D eigenvalue weighted by molar-refractivity contribution is 7.90. The van der Waals surface area contributed by atoms with Crippen LogP contribution in [0.3, 0.4) is 0 Å². The predicted octanol–water partition coefficient (Wildman–Crippen LogP) is -1.53. The summed E-state index contributed by atoms with van der Waals surface area (Å²) in [7, 11) is -1.44. The fourth-order valence-electron chi connectivity index (χ4n) is 1.11. The van der Waals surface area contributed by atoms with Crippen molar-refractivity contribution in [3.05, 3.63) is 0 Å². The molecule has 0 aliphatic heterocycles. The lowest BCUT2D eigenvalue weighted by atomic mass is 10.4. The fraction of sp³-hybridized carbons (Fsp3) is 0.875. The lowest BCUT2D eigenvalue weighted by Gasteiger charge is -2.15. The smallest absolute Gasteiger partial charge is 0.206 e. The van der Waals surface area contributed by atoms with E-state index < -0.39 is 9.84 Å². The minimum atomic E-state index is -3.01. The number of nitrogens with zero attached hydrogens (tertiary/aromatic N) is 1. The van der Waals surface area contributed by atoms with E-state index in [1.807, 2.05) is 0 Å². The minimum absolute atomic E-state index is 0.0258. The van der Waals surface area contributed by atoms with Gasteiger partial charge in [0, 0.05) is 19.4 Å². The van der Waals surface area contributed by atoms with E-state index in [0.717, 1.165) is 0 Å². The zero-order chi connectivity index (χ0) is 12.6. The van der Waals surface area contributed by atoms with Crippen LogP contribution in [-0.4, -0.2) is 52.7 Å². The number of hydrogen-bond donors (Lipinski definition) is 3. The van der Waals surface area contributed by atoms with E-state index in [1.54, 1.807) is 14.0 Å². The Hall–Kier alpha value is -0.860. The number of rotatable bonds is 6. The first-order chi connectivity index (χ1) is 7.39. The Labute approximate surface area is 96.3 Å². The number of aliphatic imine (C=N–C) groups is 1. The van der Waals surface area contributed by atoms with Crippen molar-refractivity contribution in [1.82, 2.24) is 10.7 Å². The molecule has 0 saturated carbocycles. The van der Waals surface area contributed by atoms with Crippen molar-refractivity contribution in [3.8, 4) is 0 Å². The first-order valence-corrected chi connectivity index (χ1v) is 6.89. The molecule has 0 aliphatic rings. The van der Waals surface area contributed by atoms with E-state index in [9.17, 15) is 8.42 Å². The molecule has 1 unspecified atom stereocenters. The van der Waals surface area contributed by atoms with Crippen LogP contribution in [0, 0.1) is 0 Å². The Kier molecular flexibility index (Phi) is 7.02. The molecule has 0 aliphatic carbocycles. The summed E-state index contributed by atoms with van der Waals surface area (Å²) in [5.41, 5.74) is 2.37. The number of nitrogens with one attached hydrogen (secondary N) is 2. The standard InChI is InChI=1S/C8H20N4O3S/c1-7(6-16(3,13)14)11-8(12-9)10-4-5-15-2/h7H,4-6,9H2,1-3H3,(H2,10,11,12). The van der Waals surface area contributed by atoms with Gasteiger partial charge in [-0.25, -0.2) is 19.3 Å². The van der Waals surface area contributed by atoms with E-state index in [4.69, 9.17) is 10.6 Å². The molecule has 0 heterocycles. The summed E-state index contributed by atoms with van der Waals surface area (Å²) in [6, 6.07) is -0.257. The molecule has 0 saturated heterocycles. The molecule has 0 bridgehead atoms. The van der Waals surface area contributed by atoms with E-state index in [0.29, 0.717) is 19.1 Å². The van der Waals surface area contributed by atoms with Crippen molar-refractivity contribution in [2.45, 2.75) is 13.0 Å². The van der Waals surface area contributed by atoms with Crippen LogP contribution in [0.1, 0.15) is 6.92 Å². The summed E-state index contributed by atoms with van der Waals surface area (Å²) in [6.07, 6.45) is 1.18. The van der Waals surface area contributed by atoms with Gasteiger partial charge in [0.15, 0.2) is 0 Å². The lowest BCUT2D eigenvalue weighted by Crippen LogP contribution is -2.47. The van der Waals surface area contributed by atoms with E-state index in [2.05, 4.69) is 15.7 Å². The molecule has 8 heteroatoms. The van der Waals surface area contributed by atoms with Crippen LogP contribution in [0.4, 0.5) is 0 Å². The quantitative estimate of drug-likeness (QED) is 0.174. The predicted molar refractivity (Wildman–Crippen MR) is 63.8 cm³/mol. The topological polar surface area (TPSA) is 106 Å². The third-order valence-electron chi connectivity index (χ3n) is 1.64. The van der Waals surface area contributed by atoms with E-state index in [1.165, 1.54) is 6.26 Å². The third kappa shape index (κ3) is 8.45. The molecule has 0 aromatic heterocycles. The first-order valence-electron chi connectivity index (χ1n) is 4.83. The van der Waals surface area contributed by atoms with Crippen LogP contribution in [0.5, 0.6) is 0 Å². The normalized spacial score (nSPS) is 14.6. The van der Waals surface area contributed by atoms with Gasteiger partial charge in [0.05, 0.1) is 18.9 Å². The maximum absolute atomic E-state index is 11.0. The maximum atomic E-state index is 11.0. The van der Waals surface area contributed by atoms with Gasteiger partial charge in [0.2, 0.25) is 5.96 Å². The molecule has 1 atom stereocenters. The molecule has 0 spiro atoms. The van der Waals surface area contributed by atoms with Crippen LogP contribution in [-0.2, 0) is 14.6 Å². The van der Waals surface area contributed by atoms with Gasteiger partial charge in [-0.05, 0) is 6.92 Å². The van der Waals surface area contributed by atoms with Gasteiger partial charge in [-0.3, -0.25) is 5.43 Å². The van der Waals surface area contributed by atoms with Crippen molar-refractivity contribution in [3.63, 3.8) is 0 Å². The number of hydrazine groups is 1. The van der Waals surface area contributed by atoms with Gasteiger partial charge in [0.25, 0.3) is 0 Å². The van der Waals surface area contributed by atoms with Crippen LogP contribution < -0.4 is 16.6 Å². The zero-order valence-electron chi connectivity index (χ0n) is 9.86. The highest BCUT2D eigenvalue weighted by Crippen LogP contribution is 1.89. The Morgan fingerprint density at radius 1 is 1.56 bits per heavy atom. The van der Waals surface area contributed by atoms with Crippen LogP contribution in [0.25, 0.3) is 0 Å². The molecule has 0 rings (SSSR count). The van der Waals surface area contributed by atoms with E-state index in [-0.39, 0.29) is 11.8 Å². The summed E-state index contributed by atoms with van der Waals surface area (Å²) in [4.78, 5) is 4.05. The molecule has 0 amide bonds. The number of nitrogens with two attached hydrogens (primary N) is 1. The van der Waals surface area contributed by atoms with Crippen molar-refractivity contribution in [1.29, 1.82) is 0 Å². The first kappa shape index (κ1) is 15.1. The Balaban J connectivity index is 4.16. The molecule has 0 aromatic carbocycles. The van der Waals surface area contributed by atoms with Gasteiger partial charge in [-0.2, -0.15) is 0 Å². The van der Waals surface area contributed by atoms with Crippen molar-refractivity contribution in [2.75, 3.05) is 32.3 Å². The van der Waals surface area contributed by atoms with Crippen molar-refractivity contribution >= 4 is 15.8 Å². The van der Waals surface area contributed by atoms with Crippen LogP contribution in [0.15, 0.2) is 4.99 Å². The fourth-order valence-corrected chi connectivity index (χ4v) is 2.10. The molecule has 0 fully saturated rings. The number of sulfone groups is 1. The number of guanidine groups is 1. The van der Waals surface area contributed by atoms with Gasteiger partial charge in [0.1, 0.15) is 9.84 Å². The number of methoxy groups -OCH3 is 1. The van der Waals surface area contributed by atoms with Gasteiger partial charge in [-0.15, -0.1) is 0 Å². The molecular formula is C8H20N4O3S. The monoisotopic (exact) mass is 252 g/mol. The Bertz CT molecular complexity index is 315. The summed E-state index contributed by atoms with van der Waals surface area (Å²) in [5.74, 6) is 5.61. The average Bonchev–Trinajstić information content (AvgIpc) is 2.13. The van der Waals surface area contributed by atoms with Gasteiger partial charge < -0.3 is 10.1 Å². The van der Waals surface area contributed by atoms with Crippen molar-refractivity contribution in [2.24, 2.45) is 10.8 Å². The summed E-state index contributed by atoms with van der Waals surface area (Å²) < 4.78 is 26.9. The molecule has 0 radical (unpaired) electrons. The molecule has 7 nitrogen and oxygen atoms in total. The SMILES string of the molecule is COCCN=C(NN)NC(C)CS(C)(=O)=O. The second kappa shape index (κ2) is 7.42. The molecule has 0 aromatic rings. The van der Waals surface area contributed by atoms with Gasteiger partial charge >= 0.3 is 0 Å². The second-order valence-electron chi connectivity index (χ2n) is 3.51. The Morgan fingerprint density at radius 3 is 2.62 bits per heavy atom. The molecule has 4 N–H and O–H groups in total. The molecule has 16 heavy (non-hydrogen) atoms. The van der Waals surface area contributed by atoms with Crippen LogP contribution >= 0.6 is 0 Å². The van der Waals surface area contributed by atoms with Crippen molar-refractivity contribution < 1.29 is 13.2 Å². The highest BCUT2D eigenvalue weighted by atomic mass is 32.2. The van der Waals surface area contributed by atoms with Gasteiger partial charge in [-0.1, -0.05) is 0 Å². The maximum Gasteiger partial charge on any atom is 0.206 e. The summed E-state index contributed by atoms with van der Waals surface area (Å²) >= 11 is 0. The summed E-state index contributed by atoms with van der Waals surface area (Å²) in [5, 5.41) is 2.86. The largest absolute Gasteiger partial charge is 0.383 e. The highest BCUT2D eigenvalue weighted by Gasteiger charge is 2.11. The lowest BCUT2D eigenvalue weighted by molar-refractivity contribution is 0.208.